The fraction of sp³-hybridized carbons (Fsp3) is 0.364. The molecule has 4 nitrogen and oxygen atoms in total. The van der Waals surface area contributed by atoms with Crippen LogP contribution >= 0.6 is 12.2 Å². The van der Waals surface area contributed by atoms with Gasteiger partial charge in [0.1, 0.15) is 4.99 Å². The molecule has 0 spiro atoms. The second kappa shape index (κ2) is 6.90. The molecule has 2 N–H and O–H groups in total. The summed E-state index contributed by atoms with van der Waals surface area (Å²) in [6.07, 6.45) is 4.28. The standard InChI is InChI=1S/C11H15N3OS/c1-2-5-13-10(15)8-14-11(16)9-4-3-6-12-7-9/h3-4,6-7H,2,5,8H2,1H3,(H,13,15)(H,14,16). The van der Waals surface area contributed by atoms with Crippen molar-refractivity contribution in [2.75, 3.05) is 13.1 Å². The number of thiocarbonyl (C=S) groups is 1. The van der Waals surface area contributed by atoms with Crippen LogP contribution in [0.25, 0.3) is 0 Å². The Hall–Kier alpha value is -1.49. The Bertz CT molecular complexity index is 354. The van der Waals surface area contributed by atoms with Gasteiger partial charge >= 0.3 is 0 Å². The summed E-state index contributed by atoms with van der Waals surface area (Å²) in [5.41, 5.74) is 0.820. The number of carbonyl (C=O) groups excluding carboxylic acids is 1. The molecule has 0 aliphatic rings. The minimum absolute atomic E-state index is 0.0481. The molecule has 1 aromatic rings. The lowest BCUT2D eigenvalue weighted by atomic mass is 10.3. The van der Waals surface area contributed by atoms with Crippen molar-refractivity contribution in [2.24, 2.45) is 0 Å². The lowest BCUT2D eigenvalue weighted by Crippen LogP contribution is -2.36. The fourth-order valence-corrected chi connectivity index (χ4v) is 1.28. The Morgan fingerprint density at radius 3 is 2.94 bits per heavy atom. The average Bonchev–Trinajstić information content (AvgIpc) is 2.34. The summed E-state index contributed by atoms with van der Waals surface area (Å²) in [5.74, 6) is -0.0481. The lowest BCUT2D eigenvalue weighted by Gasteiger charge is -2.07. The van der Waals surface area contributed by atoms with E-state index in [0.29, 0.717) is 11.5 Å². The van der Waals surface area contributed by atoms with Crippen LogP contribution in [0.1, 0.15) is 18.9 Å². The van der Waals surface area contributed by atoms with Crippen LogP contribution in [0.3, 0.4) is 0 Å². The van der Waals surface area contributed by atoms with Crippen molar-refractivity contribution in [1.29, 1.82) is 0 Å². The first-order valence-corrected chi connectivity index (χ1v) is 5.59. The first kappa shape index (κ1) is 12.6. The monoisotopic (exact) mass is 237 g/mol. The summed E-state index contributed by atoms with van der Waals surface area (Å²) in [5, 5.41) is 5.65. The Morgan fingerprint density at radius 2 is 2.31 bits per heavy atom. The Morgan fingerprint density at radius 1 is 1.50 bits per heavy atom. The van der Waals surface area contributed by atoms with E-state index in [1.807, 2.05) is 13.0 Å². The fourth-order valence-electron chi connectivity index (χ4n) is 1.09. The molecule has 0 saturated heterocycles. The van der Waals surface area contributed by atoms with Crippen LogP contribution in [0, 0.1) is 0 Å². The van der Waals surface area contributed by atoms with Crippen molar-refractivity contribution < 1.29 is 4.79 Å². The van der Waals surface area contributed by atoms with Gasteiger partial charge in [-0.2, -0.15) is 0 Å². The third kappa shape index (κ3) is 4.35. The van der Waals surface area contributed by atoms with Crippen molar-refractivity contribution in [3.8, 4) is 0 Å². The Labute approximate surface area is 100 Å². The van der Waals surface area contributed by atoms with Crippen LogP contribution in [0.15, 0.2) is 24.5 Å². The smallest absolute Gasteiger partial charge is 0.239 e. The molecule has 0 saturated carbocycles. The highest BCUT2D eigenvalue weighted by Crippen LogP contribution is 1.95. The van der Waals surface area contributed by atoms with Crippen molar-refractivity contribution >= 4 is 23.1 Å². The Kier molecular flexibility index (Phi) is 5.42. The SMILES string of the molecule is CCCNC(=O)CNC(=S)c1cccnc1. The van der Waals surface area contributed by atoms with E-state index in [2.05, 4.69) is 15.6 Å². The van der Waals surface area contributed by atoms with Crippen molar-refractivity contribution in [3.05, 3.63) is 30.1 Å². The van der Waals surface area contributed by atoms with Crippen LogP contribution in [0.4, 0.5) is 0 Å². The highest BCUT2D eigenvalue weighted by molar-refractivity contribution is 7.80. The summed E-state index contributed by atoms with van der Waals surface area (Å²) in [6.45, 7) is 2.90. The molecule has 0 aliphatic heterocycles. The molecule has 0 unspecified atom stereocenters. The molecule has 1 amide bonds. The summed E-state index contributed by atoms with van der Waals surface area (Å²) in [6, 6.07) is 3.66. The zero-order valence-electron chi connectivity index (χ0n) is 9.19. The van der Waals surface area contributed by atoms with Gasteiger partial charge in [0, 0.05) is 24.5 Å². The summed E-state index contributed by atoms with van der Waals surface area (Å²) >= 11 is 5.12. The van der Waals surface area contributed by atoms with E-state index >= 15 is 0 Å². The molecule has 0 aliphatic carbocycles. The number of nitrogens with one attached hydrogen (secondary N) is 2. The minimum Gasteiger partial charge on any atom is -0.367 e. The van der Waals surface area contributed by atoms with Crippen LogP contribution < -0.4 is 10.6 Å². The molecule has 1 aromatic heterocycles. The van der Waals surface area contributed by atoms with Gasteiger partial charge in [0.2, 0.25) is 5.91 Å². The van der Waals surface area contributed by atoms with Crippen LogP contribution in [-0.2, 0) is 4.79 Å². The van der Waals surface area contributed by atoms with Crippen molar-refractivity contribution in [2.45, 2.75) is 13.3 Å². The molecule has 86 valence electrons. The van der Waals surface area contributed by atoms with Crippen molar-refractivity contribution in [1.82, 2.24) is 15.6 Å². The summed E-state index contributed by atoms with van der Waals surface area (Å²) in [7, 11) is 0. The molecular weight excluding hydrogens is 222 g/mol. The maximum Gasteiger partial charge on any atom is 0.239 e. The average molecular weight is 237 g/mol. The highest BCUT2D eigenvalue weighted by atomic mass is 32.1. The molecule has 1 rings (SSSR count). The molecule has 5 heteroatoms. The minimum atomic E-state index is -0.0481. The second-order valence-corrected chi connectivity index (χ2v) is 3.68. The number of aromatic nitrogens is 1. The predicted molar refractivity (Wildman–Crippen MR) is 67.2 cm³/mol. The molecule has 0 radical (unpaired) electrons. The molecule has 0 bridgehead atoms. The van der Waals surface area contributed by atoms with Gasteiger partial charge in [0.15, 0.2) is 0 Å². The van der Waals surface area contributed by atoms with Gasteiger partial charge in [-0.05, 0) is 18.6 Å². The van der Waals surface area contributed by atoms with E-state index in [1.165, 1.54) is 0 Å². The number of carbonyl (C=O) groups is 1. The maximum atomic E-state index is 11.3. The molecule has 1 heterocycles. The Balaban J connectivity index is 2.33. The number of rotatable bonds is 5. The van der Waals surface area contributed by atoms with Gasteiger partial charge in [0.05, 0.1) is 6.54 Å². The van der Waals surface area contributed by atoms with E-state index in [-0.39, 0.29) is 12.5 Å². The van der Waals surface area contributed by atoms with Gasteiger partial charge in [-0.1, -0.05) is 19.1 Å². The van der Waals surface area contributed by atoms with E-state index in [4.69, 9.17) is 12.2 Å². The normalized spacial score (nSPS) is 9.56. The van der Waals surface area contributed by atoms with E-state index in [1.54, 1.807) is 18.5 Å². The van der Waals surface area contributed by atoms with Gasteiger partial charge in [-0.15, -0.1) is 0 Å². The van der Waals surface area contributed by atoms with E-state index < -0.39 is 0 Å². The number of amides is 1. The first-order chi connectivity index (χ1) is 7.74. The first-order valence-electron chi connectivity index (χ1n) is 5.19. The zero-order chi connectivity index (χ0) is 11.8. The number of pyridine rings is 1. The molecule has 0 aromatic carbocycles. The molecule has 0 atom stereocenters. The largest absolute Gasteiger partial charge is 0.367 e. The van der Waals surface area contributed by atoms with Crippen LogP contribution in [-0.4, -0.2) is 29.0 Å². The van der Waals surface area contributed by atoms with Gasteiger partial charge in [0.25, 0.3) is 0 Å². The predicted octanol–water partition coefficient (Wildman–Crippen LogP) is 0.873. The van der Waals surface area contributed by atoms with Gasteiger partial charge < -0.3 is 10.6 Å². The summed E-state index contributed by atoms with van der Waals surface area (Å²) < 4.78 is 0. The lowest BCUT2D eigenvalue weighted by molar-refractivity contribution is -0.119. The van der Waals surface area contributed by atoms with E-state index in [0.717, 1.165) is 12.0 Å². The van der Waals surface area contributed by atoms with Crippen molar-refractivity contribution in [3.63, 3.8) is 0 Å². The number of hydrogen-bond acceptors (Lipinski definition) is 3. The summed E-state index contributed by atoms with van der Waals surface area (Å²) in [4.78, 5) is 15.8. The van der Waals surface area contributed by atoms with E-state index in [9.17, 15) is 4.79 Å². The number of hydrogen-bond donors (Lipinski definition) is 2. The number of nitrogens with zero attached hydrogens (tertiary/aromatic N) is 1. The third-order valence-corrected chi connectivity index (χ3v) is 2.29. The highest BCUT2D eigenvalue weighted by Gasteiger charge is 2.03. The topological polar surface area (TPSA) is 54.0 Å². The maximum absolute atomic E-state index is 11.3. The molecular formula is C11H15N3OS. The third-order valence-electron chi connectivity index (χ3n) is 1.91. The quantitative estimate of drug-likeness (QED) is 0.746. The van der Waals surface area contributed by atoms with Crippen LogP contribution in [0.2, 0.25) is 0 Å². The molecule has 16 heavy (non-hydrogen) atoms. The molecule has 0 fully saturated rings. The second-order valence-electron chi connectivity index (χ2n) is 3.27. The zero-order valence-corrected chi connectivity index (χ0v) is 10.0. The van der Waals surface area contributed by atoms with Gasteiger partial charge in [-0.3, -0.25) is 9.78 Å². The van der Waals surface area contributed by atoms with Crippen LogP contribution in [0.5, 0.6) is 0 Å². The van der Waals surface area contributed by atoms with Gasteiger partial charge in [-0.25, -0.2) is 0 Å².